The molecule has 1 aromatic carbocycles. The smallest absolute Gasteiger partial charge is 0.323 e. The lowest BCUT2D eigenvalue weighted by Gasteiger charge is -2.38. The zero-order chi connectivity index (χ0) is 15.7. The number of nitrogens with one attached hydrogen (secondary N) is 1. The molecule has 0 unspecified atom stereocenters. The second kappa shape index (κ2) is 6.10. The predicted octanol–water partition coefficient (Wildman–Crippen LogP) is 2.01. The first-order chi connectivity index (χ1) is 10.7. The minimum absolute atomic E-state index is 0.0902. The monoisotopic (exact) mass is 302 g/mol. The van der Waals surface area contributed by atoms with Crippen molar-refractivity contribution < 1.29 is 14.6 Å². The number of benzene rings is 1. The van der Waals surface area contributed by atoms with Crippen molar-refractivity contribution in [2.45, 2.75) is 31.3 Å². The molecule has 22 heavy (non-hydrogen) atoms. The first-order valence-electron chi connectivity index (χ1n) is 7.67. The molecule has 0 fully saturated rings. The van der Waals surface area contributed by atoms with Gasteiger partial charge in [-0.1, -0.05) is 18.2 Å². The topological polar surface area (TPSA) is 65.6 Å². The number of carbonyl (C=O) groups excluding carboxylic acids is 1. The van der Waals surface area contributed by atoms with Crippen LogP contribution in [0.5, 0.6) is 0 Å². The molecule has 0 amide bonds. The minimum atomic E-state index is -0.277. The van der Waals surface area contributed by atoms with E-state index in [1.807, 2.05) is 19.2 Å². The van der Waals surface area contributed by atoms with Gasteiger partial charge < -0.3 is 14.8 Å². The molecule has 5 heteroatoms. The van der Waals surface area contributed by atoms with E-state index in [0.717, 1.165) is 17.6 Å². The summed E-state index contributed by atoms with van der Waals surface area (Å²) >= 11 is 0. The molecule has 3 rings (SSSR count). The summed E-state index contributed by atoms with van der Waals surface area (Å²) in [5, 5.41) is 10.3. The molecule has 118 valence electrons. The third kappa shape index (κ3) is 2.40. The van der Waals surface area contributed by atoms with Crippen molar-refractivity contribution in [3.05, 3.63) is 35.5 Å². The van der Waals surface area contributed by atoms with Gasteiger partial charge in [0.2, 0.25) is 0 Å². The van der Waals surface area contributed by atoms with E-state index in [4.69, 9.17) is 4.74 Å². The van der Waals surface area contributed by atoms with Crippen LogP contribution in [0.2, 0.25) is 0 Å². The number of fused-ring (bicyclic) bond motifs is 3. The first-order valence-corrected chi connectivity index (χ1v) is 7.67. The van der Waals surface area contributed by atoms with Crippen molar-refractivity contribution in [3.8, 4) is 0 Å². The summed E-state index contributed by atoms with van der Waals surface area (Å²) in [6, 6.07) is 7.99. The van der Waals surface area contributed by atoms with Crippen molar-refractivity contribution in [1.29, 1.82) is 0 Å². The van der Waals surface area contributed by atoms with Crippen molar-refractivity contribution in [2.75, 3.05) is 20.8 Å². The van der Waals surface area contributed by atoms with Crippen molar-refractivity contribution >= 4 is 16.9 Å². The van der Waals surface area contributed by atoms with E-state index >= 15 is 0 Å². The van der Waals surface area contributed by atoms with Crippen LogP contribution in [0, 0.1) is 0 Å². The molecule has 0 saturated heterocycles. The molecule has 1 aliphatic heterocycles. The highest BCUT2D eigenvalue weighted by Crippen LogP contribution is 2.38. The van der Waals surface area contributed by atoms with Gasteiger partial charge >= 0.3 is 5.97 Å². The number of H-pyrrole nitrogens is 1. The van der Waals surface area contributed by atoms with E-state index in [0.29, 0.717) is 12.8 Å². The Hall–Kier alpha value is -1.85. The summed E-state index contributed by atoms with van der Waals surface area (Å²) in [7, 11) is 3.39. The molecule has 0 radical (unpaired) electrons. The Balaban J connectivity index is 2.08. The number of aromatic amines is 1. The third-order valence-electron chi connectivity index (χ3n) is 4.67. The quantitative estimate of drug-likeness (QED) is 0.848. The van der Waals surface area contributed by atoms with Gasteiger partial charge in [0.15, 0.2) is 0 Å². The van der Waals surface area contributed by atoms with Gasteiger partial charge in [0, 0.05) is 29.6 Å². The van der Waals surface area contributed by atoms with E-state index in [2.05, 4.69) is 22.0 Å². The molecule has 0 aliphatic carbocycles. The lowest BCUT2D eigenvalue weighted by molar-refractivity contribution is -0.148. The zero-order valence-corrected chi connectivity index (χ0v) is 13.0. The predicted molar refractivity (Wildman–Crippen MR) is 84.6 cm³/mol. The van der Waals surface area contributed by atoms with E-state index in [1.165, 1.54) is 18.1 Å². The minimum Gasteiger partial charge on any atom is -0.468 e. The van der Waals surface area contributed by atoms with Crippen molar-refractivity contribution in [2.24, 2.45) is 0 Å². The highest BCUT2D eigenvalue weighted by molar-refractivity contribution is 5.87. The largest absolute Gasteiger partial charge is 0.468 e. The number of ether oxygens (including phenoxy) is 1. The van der Waals surface area contributed by atoms with Gasteiger partial charge in [-0.15, -0.1) is 0 Å². The van der Waals surface area contributed by atoms with Crippen LogP contribution >= 0.6 is 0 Å². The summed E-state index contributed by atoms with van der Waals surface area (Å²) in [6.45, 7) is 0.156. The maximum Gasteiger partial charge on any atom is 0.323 e. The number of para-hydroxylation sites is 1. The maximum atomic E-state index is 12.1. The van der Waals surface area contributed by atoms with E-state index < -0.39 is 0 Å². The maximum absolute atomic E-state index is 12.1. The normalized spacial score (nSPS) is 21.8. The van der Waals surface area contributed by atoms with Crippen LogP contribution in [-0.4, -0.2) is 47.8 Å². The summed E-state index contributed by atoms with van der Waals surface area (Å²) < 4.78 is 4.98. The number of methoxy groups -OCH3 is 1. The highest BCUT2D eigenvalue weighted by Gasteiger charge is 2.38. The van der Waals surface area contributed by atoms with Crippen LogP contribution in [0.4, 0.5) is 0 Å². The second-order valence-corrected chi connectivity index (χ2v) is 5.85. The number of esters is 1. The fourth-order valence-corrected chi connectivity index (χ4v) is 3.50. The van der Waals surface area contributed by atoms with Gasteiger partial charge in [0.25, 0.3) is 0 Å². The molecule has 2 atom stereocenters. The van der Waals surface area contributed by atoms with Crippen molar-refractivity contribution in [1.82, 2.24) is 9.88 Å². The Labute approximate surface area is 129 Å². The van der Waals surface area contributed by atoms with Crippen LogP contribution in [0.15, 0.2) is 24.3 Å². The molecule has 1 aromatic heterocycles. The number of hydrogen-bond acceptors (Lipinski definition) is 4. The molecule has 1 aliphatic rings. The number of hydrogen-bond donors (Lipinski definition) is 2. The Morgan fingerprint density at radius 3 is 2.95 bits per heavy atom. The van der Waals surface area contributed by atoms with Gasteiger partial charge in [-0.3, -0.25) is 9.69 Å². The summed E-state index contributed by atoms with van der Waals surface area (Å²) in [4.78, 5) is 17.7. The van der Waals surface area contributed by atoms with E-state index in [-0.39, 0.29) is 24.7 Å². The standard InChI is InChI=1S/C17H22N2O3/c1-19-14(8-5-9-20)16-12(10-15(19)17(21)22-2)11-6-3-4-7-13(11)18-16/h3-4,6-7,14-15,18,20H,5,8-10H2,1-2H3/t14-,15-/m0/s1. The van der Waals surface area contributed by atoms with Gasteiger partial charge in [-0.2, -0.15) is 0 Å². The fourth-order valence-electron chi connectivity index (χ4n) is 3.50. The lowest BCUT2D eigenvalue weighted by atomic mass is 9.90. The first kappa shape index (κ1) is 15.1. The molecular formula is C17H22N2O3. The van der Waals surface area contributed by atoms with E-state index in [9.17, 15) is 9.90 Å². The number of carbonyl (C=O) groups is 1. The molecule has 0 bridgehead atoms. The Morgan fingerprint density at radius 2 is 2.23 bits per heavy atom. The fraction of sp³-hybridized carbons (Fsp3) is 0.471. The molecular weight excluding hydrogens is 280 g/mol. The summed E-state index contributed by atoms with van der Waals surface area (Å²) in [5.74, 6) is -0.201. The molecule has 0 spiro atoms. The lowest BCUT2D eigenvalue weighted by Crippen LogP contribution is -2.46. The van der Waals surface area contributed by atoms with Crippen LogP contribution in [0.3, 0.4) is 0 Å². The average molecular weight is 302 g/mol. The van der Waals surface area contributed by atoms with Gasteiger partial charge in [-0.05, 0) is 31.5 Å². The molecule has 2 N–H and O–H groups in total. The van der Waals surface area contributed by atoms with Crippen molar-refractivity contribution in [3.63, 3.8) is 0 Å². The van der Waals surface area contributed by atoms with Gasteiger partial charge in [0.05, 0.1) is 13.2 Å². The third-order valence-corrected chi connectivity index (χ3v) is 4.67. The van der Waals surface area contributed by atoms with Gasteiger partial charge in [0.1, 0.15) is 6.04 Å². The number of likely N-dealkylation sites (N-methyl/N-ethyl adjacent to an activating group) is 1. The zero-order valence-electron chi connectivity index (χ0n) is 13.0. The average Bonchev–Trinajstić information content (AvgIpc) is 2.91. The Kier molecular flexibility index (Phi) is 4.18. The molecule has 2 heterocycles. The number of rotatable bonds is 4. The molecule has 0 saturated carbocycles. The number of aliphatic hydroxyl groups is 1. The van der Waals surface area contributed by atoms with Crippen LogP contribution < -0.4 is 0 Å². The SMILES string of the molecule is COC(=O)[C@@H]1Cc2c([nH]c3ccccc23)[C@H](CCCO)N1C. The van der Waals surface area contributed by atoms with Gasteiger partial charge in [-0.25, -0.2) is 0 Å². The number of aliphatic hydroxyl groups excluding tert-OH is 1. The second-order valence-electron chi connectivity index (χ2n) is 5.85. The van der Waals surface area contributed by atoms with Crippen LogP contribution in [0.25, 0.3) is 10.9 Å². The summed E-state index contributed by atoms with van der Waals surface area (Å²) in [5.41, 5.74) is 3.46. The number of nitrogens with zero attached hydrogens (tertiary/aromatic N) is 1. The van der Waals surface area contributed by atoms with E-state index in [1.54, 1.807) is 0 Å². The Morgan fingerprint density at radius 1 is 1.45 bits per heavy atom. The molecule has 5 nitrogen and oxygen atoms in total. The number of aromatic nitrogens is 1. The van der Waals surface area contributed by atoms with Crippen LogP contribution in [0.1, 0.15) is 30.1 Å². The Bertz CT molecular complexity index is 680. The van der Waals surface area contributed by atoms with Crippen LogP contribution in [-0.2, 0) is 16.0 Å². The molecule has 2 aromatic rings. The highest BCUT2D eigenvalue weighted by atomic mass is 16.5. The summed E-state index contributed by atoms with van der Waals surface area (Å²) in [6.07, 6.45) is 2.16.